The lowest BCUT2D eigenvalue weighted by Crippen LogP contribution is -2.48. The third kappa shape index (κ3) is 2.67. The van der Waals surface area contributed by atoms with E-state index in [2.05, 4.69) is 109 Å². The van der Waals surface area contributed by atoms with Crippen molar-refractivity contribution in [1.29, 1.82) is 0 Å². The van der Waals surface area contributed by atoms with Gasteiger partial charge < -0.3 is 14.2 Å². The summed E-state index contributed by atoms with van der Waals surface area (Å²) >= 11 is 0. The van der Waals surface area contributed by atoms with Gasteiger partial charge in [0, 0.05) is 33.1 Å². The lowest BCUT2D eigenvalue weighted by Gasteiger charge is -2.48. The molecule has 3 nitrogen and oxygen atoms in total. The zero-order valence-corrected chi connectivity index (χ0v) is 20.6. The molecule has 4 aromatic carbocycles. The Morgan fingerprint density at radius 2 is 1.34 bits per heavy atom. The minimum atomic E-state index is 0.162. The summed E-state index contributed by atoms with van der Waals surface area (Å²) in [5, 5.41) is 2.37. The van der Waals surface area contributed by atoms with Gasteiger partial charge in [-0.1, -0.05) is 62.4 Å². The Labute approximate surface area is 206 Å². The predicted octanol–water partition coefficient (Wildman–Crippen LogP) is 8.97. The highest BCUT2D eigenvalue weighted by Crippen LogP contribution is 2.57. The smallest absolute Gasteiger partial charge is 0.140 e. The van der Waals surface area contributed by atoms with Crippen molar-refractivity contribution in [2.45, 2.75) is 51.6 Å². The number of nitrogens with zero attached hydrogens (tertiary/aromatic N) is 2. The van der Waals surface area contributed by atoms with Crippen molar-refractivity contribution < 1.29 is 4.42 Å². The Hall–Kier alpha value is -3.72. The number of hydrogen-bond acceptors (Lipinski definition) is 3. The van der Waals surface area contributed by atoms with E-state index >= 15 is 0 Å². The average Bonchev–Trinajstić information content (AvgIpc) is 3.45. The van der Waals surface area contributed by atoms with Crippen LogP contribution in [0.5, 0.6) is 0 Å². The highest BCUT2D eigenvalue weighted by Gasteiger charge is 2.48. The molecule has 1 atom stereocenters. The van der Waals surface area contributed by atoms with Crippen LogP contribution in [0.1, 0.15) is 44.2 Å². The molecule has 2 aliphatic heterocycles. The first-order chi connectivity index (χ1) is 17.2. The Morgan fingerprint density at radius 3 is 2.09 bits per heavy atom. The van der Waals surface area contributed by atoms with Gasteiger partial charge in [-0.3, -0.25) is 0 Å². The predicted molar refractivity (Wildman–Crippen MR) is 146 cm³/mol. The molecule has 3 heterocycles. The summed E-state index contributed by atoms with van der Waals surface area (Å²) in [6, 6.07) is 30.9. The number of rotatable bonds is 3. The van der Waals surface area contributed by atoms with Gasteiger partial charge in [-0.25, -0.2) is 0 Å². The molecule has 3 heteroatoms. The standard InChI is InChI=1S/C32H30N2O/c1-4-32(5-2)20-30-33(25-19-18-23-22-12-6-11-17-29(22)35-31(23)21(25)3)27-15-9-10-16-28(27)34(30)26-14-8-7-13-24(26)32/h6-19,30H,4-5,20H2,1-3H3. The zero-order valence-electron chi connectivity index (χ0n) is 20.6. The second kappa shape index (κ2) is 7.39. The molecule has 0 radical (unpaired) electrons. The van der Waals surface area contributed by atoms with E-state index in [9.17, 15) is 0 Å². The largest absolute Gasteiger partial charge is 0.456 e. The molecule has 7 rings (SSSR count). The molecule has 174 valence electrons. The molecule has 0 amide bonds. The molecule has 0 N–H and O–H groups in total. The van der Waals surface area contributed by atoms with E-state index in [1.165, 1.54) is 44.6 Å². The molecule has 0 spiro atoms. The van der Waals surface area contributed by atoms with E-state index in [4.69, 9.17) is 4.42 Å². The molecule has 1 aromatic heterocycles. The highest BCUT2D eigenvalue weighted by molar-refractivity contribution is 6.07. The molecule has 5 aromatic rings. The van der Waals surface area contributed by atoms with Crippen molar-refractivity contribution in [3.8, 4) is 0 Å². The summed E-state index contributed by atoms with van der Waals surface area (Å²) in [6.07, 6.45) is 3.58. The normalized spacial score (nSPS) is 18.1. The van der Waals surface area contributed by atoms with Gasteiger partial charge in [0.15, 0.2) is 0 Å². The summed E-state index contributed by atoms with van der Waals surface area (Å²) in [5.41, 5.74) is 9.94. The molecule has 0 saturated carbocycles. The van der Waals surface area contributed by atoms with Crippen molar-refractivity contribution in [3.63, 3.8) is 0 Å². The number of furan rings is 1. The van der Waals surface area contributed by atoms with Crippen molar-refractivity contribution >= 4 is 44.7 Å². The van der Waals surface area contributed by atoms with Crippen LogP contribution in [0.3, 0.4) is 0 Å². The SMILES string of the molecule is CCC1(CC)CC2N(c3ccccc3N2c2ccc3c(oc4ccccc43)c2C)c2ccccc21. The fraction of sp³-hybridized carbons (Fsp3) is 0.250. The van der Waals surface area contributed by atoms with Crippen molar-refractivity contribution in [2.75, 3.05) is 9.80 Å². The van der Waals surface area contributed by atoms with Gasteiger partial charge in [-0.05, 0) is 68.1 Å². The number of para-hydroxylation sites is 4. The number of fused-ring (bicyclic) bond motifs is 8. The van der Waals surface area contributed by atoms with Gasteiger partial charge in [0.1, 0.15) is 17.3 Å². The topological polar surface area (TPSA) is 19.6 Å². The maximum Gasteiger partial charge on any atom is 0.140 e. The highest BCUT2D eigenvalue weighted by atomic mass is 16.3. The Bertz CT molecular complexity index is 1590. The lowest BCUT2D eigenvalue weighted by molar-refractivity contribution is 0.322. The average molecular weight is 459 g/mol. The van der Waals surface area contributed by atoms with E-state index in [0.717, 1.165) is 30.4 Å². The van der Waals surface area contributed by atoms with Crippen molar-refractivity contribution in [3.05, 3.63) is 96.1 Å². The van der Waals surface area contributed by atoms with Crippen molar-refractivity contribution in [2.24, 2.45) is 0 Å². The Kier molecular flexibility index (Phi) is 4.36. The van der Waals surface area contributed by atoms with E-state index in [1.807, 2.05) is 6.07 Å². The van der Waals surface area contributed by atoms with Crippen LogP contribution in [0.2, 0.25) is 0 Å². The minimum absolute atomic E-state index is 0.162. The second-order valence-corrected chi connectivity index (χ2v) is 10.1. The van der Waals surface area contributed by atoms with Crippen LogP contribution < -0.4 is 9.80 Å². The zero-order chi connectivity index (χ0) is 23.7. The van der Waals surface area contributed by atoms with Gasteiger partial charge >= 0.3 is 0 Å². The van der Waals surface area contributed by atoms with Crippen molar-refractivity contribution in [1.82, 2.24) is 0 Å². The van der Waals surface area contributed by atoms with Crippen LogP contribution in [0, 0.1) is 6.92 Å². The number of aryl methyl sites for hydroxylation is 1. The lowest BCUT2D eigenvalue weighted by atomic mass is 9.69. The molecular weight excluding hydrogens is 428 g/mol. The van der Waals surface area contributed by atoms with E-state index in [0.29, 0.717) is 0 Å². The molecule has 0 saturated heterocycles. The van der Waals surface area contributed by atoms with Crippen LogP contribution in [0.4, 0.5) is 22.7 Å². The van der Waals surface area contributed by atoms with Gasteiger partial charge in [-0.2, -0.15) is 0 Å². The number of benzene rings is 4. The third-order valence-corrected chi connectivity index (χ3v) is 8.68. The third-order valence-electron chi connectivity index (χ3n) is 8.68. The van der Waals surface area contributed by atoms with Gasteiger partial charge in [0.05, 0.1) is 11.4 Å². The monoisotopic (exact) mass is 458 g/mol. The summed E-state index contributed by atoms with van der Waals surface area (Å²) in [6.45, 7) is 6.93. The molecule has 2 aliphatic rings. The van der Waals surface area contributed by atoms with Crippen LogP contribution >= 0.6 is 0 Å². The Balaban J connectivity index is 1.48. The minimum Gasteiger partial charge on any atom is -0.456 e. The molecule has 1 unspecified atom stereocenters. The second-order valence-electron chi connectivity index (χ2n) is 10.1. The fourth-order valence-electron chi connectivity index (χ4n) is 6.76. The molecule has 0 fully saturated rings. The first kappa shape index (κ1) is 20.6. The van der Waals surface area contributed by atoms with E-state index in [1.54, 1.807) is 0 Å². The maximum atomic E-state index is 6.41. The summed E-state index contributed by atoms with van der Waals surface area (Å²) in [7, 11) is 0. The van der Waals surface area contributed by atoms with Gasteiger partial charge in [0.2, 0.25) is 0 Å². The molecule has 0 bridgehead atoms. The summed E-state index contributed by atoms with van der Waals surface area (Å²) in [5.74, 6) is 0. The summed E-state index contributed by atoms with van der Waals surface area (Å²) in [4.78, 5) is 5.16. The number of hydrogen-bond donors (Lipinski definition) is 0. The van der Waals surface area contributed by atoms with Crippen LogP contribution in [0.25, 0.3) is 21.9 Å². The first-order valence-corrected chi connectivity index (χ1v) is 12.8. The van der Waals surface area contributed by atoms with Gasteiger partial charge in [-0.15, -0.1) is 0 Å². The Morgan fingerprint density at radius 1 is 0.714 bits per heavy atom. The van der Waals surface area contributed by atoms with E-state index in [-0.39, 0.29) is 11.6 Å². The van der Waals surface area contributed by atoms with Crippen LogP contribution in [0.15, 0.2) is 89.3 Å². The first-order valence-electron chi connectivity index (χ1n) is 12.8. The molecule has 0 aliphatic carbocycles. The summed E-state index contributed by atoms with van der Waals surface area (Å²) < 4.78 is 6.41. The van der Waals surface area contributed by atoms with Crippen LogP contribution in [-0.2, 0) is 5.41 Å². The fourth-order valence-corrected chi connectivity index (χ4v) is 6.76. The van der Waals surface area contributed by atoms with Gasteiger partial charge in [0.25, 0.3) is 0 Å². The van der Waals surface area contributed by atoms with E-state index < -0.39 is 0 Å². The molecular formula is C32H30N2O. The molecule has 35 heavy (non-hydrogen) atoms. The number of anilines is 4. The quantitative estimate of drug-likeness (QED) is 0.269. The maximum absolute atomic E-state index is 6.41. The van der Waals surface area contributed by atoms with Crippen LogP contribution in [-0.4, -0.2) is 6.17 Å².